The predicted molar refractivity (Wildman–Crippen MR) is 72.5 cm³/mol. The zero-order valence-electron chi connectivity index (χ0n) is 10.9. The van der Waals surface area contributed by atoms with Crippen LogP contribution in [-0.4, -0.2) is 38.4 Å². The van der Waals surface area contributed by atoms with Crippen molar-refractivity contribution in [3.05, 3.63) is 6.33 Å². The van der Waals surface area contributed by atoms with E-state index in [1.165, 1.54) is 6.33 Å². The number of nitrogen functional groups attached to an aromatic ring is 1. The highest BCUT2D eigenvalue weighted by molar-refractivity contribution is 5.84. The maximum absolute atomic E-state index is 11.5. The maximum Gasteiger partial charge on any atom is 0.224 e. The van der Waals surface area contributed by atoms with Crippen molar-refractivity contribution >= 4 is 28.8 Å². The van der Waals surface area contributed by atoms with Crippen molar-refractivity contribution in [2.24, 2.45) is 0 Å². The van der Waals surface area contributed by atoms with E-state index in [0.717, 1.165) is 0 Å². The van der Waals surface area contributed by atoms with Gasteiger partial charge >= 0.3 is 0 Å². The van der Waals surface area contributed by atoms with Gasteiger partial charge in [-0.3, -0.25) is 4.79 Å². The number of hydrogen-bond acceptors (Lipinski definition) is 6. The number of nitrogens with one attached hydrogen (secondary N) is 3. The van der Waals surface area contributed by atoms with Crippen LogP contribution in [0.25, 0.3) is 11.2 Å². The van der Waals surface area contributed by atoms with Crippen molar-refractivity contribution in [1.29, 1.82) is 0 Å². The Morgan fingerprint density at radius 1 is 1.47 bits per heavy atom. The van der Waals surface area contributed by atoms with E-state index in [2.05, 4.69) is 30.6 Å². The number of nitrogens with zero attached hydrogens (tertiary/aromatic N) is 3. The van der Waals surface area contributed by atoms with Crippen LogP contribution in [-0.2, 0) is 4.79 Å². The third-order valence-electron chi connectivity index (χ3n) is 2.40. The number of imidazole rings is 1. The van der Waals surface area contributed by atoms with Crippen molar-refractivity contribution in [2.75, 3.05) is 17.6 Å². The molecule has 0 saturated carbocycles. The lowest BCUT2D eigenvalue weighted by molar-refractivity contribution is -0.121. The summed E-state index contributed by atoms with van der Waals surface area (Å²) in [7, 11) is 0. The van der Waals surface area contributed by atoms with Gasteiger partial charge in [0, 0.05) is 19.0 Å². The van der Waals surface area contributed by atoms with Crippen LogP contribution in [0.2, 0.25) is 0 Å². The minimum atomic E-state index is -0.00890. The fraction of sp³-hybridized carbons (Fsp3) is 0.455. The standard InChI is InChI=1S/C11H17N7O/c1-6(2)16-7(19)3-4-13-9-8-10(15-5-14-8)18-11(12)17-9/h5-6H,3-4H2,1-2H3,(H,16,19)(H4,12,13,14,15,17,18). The van der Waals surface area contributed by atoms with Gasteiger partial charge in [0.05, 0.1) is 6.33 Å². The lowest BCUT2D eigenvalue weighted by Crippen LogP contribution is -2.31. The van der Waals surface area contributed by atoms with E-state index in [1.807, 2.05) is 13.8 Å². The first-order valence-corrected chi connectivity index (χ1v) is 6.06. The topological polar surface area (TPSA) is 122 Å². The molecule has 5 N–H and O–H groups in total. The van der Waals surface area contributed by atoms with E-state index in [-0.39, 0.29) is 17.9 Å². The highest BCUT2D eigenvalue weighted by Crippen LogP contribution is 2.16. The first-order chi connectivity index (χ1) is 9.06. The second-order valence-corrected chi connectivity index (χ2v) is 4.43. The summed E-state index contributed by atoms with van der Waals surface area (Å²) in [4.78, 5) is 26.5. The molecule has 0 aliphatic heterocycles. The molecule has 0 unspecified atom stereocenters. The van der Waals surface area contributed by atoms with Crippen LogP contribution in [0.1, 0.15) is 20.3 Å². The van der Waals surface area contributed by atoms with Gasteiger partial charge in [-0.25, -0.2) is 4.98 Å². The highest BCUT2D eigenvalue weighted by Gasteiger charge is 2.09. The van der Waals surface area contributed by atoms with Gasteiger partial charge in [-0.05, 0) is 13.8 Å². The van der Waals surface area contributed by atoms with E-state index in [1.54, 1.807) is 0 Å². The van der Waals surface area contributed by atoms with E-state index in [9.17, 15) is 4.79 Å². The molecule has 2 aromatic heterocycles. The van der Waals surface area contributed by atoms with Gasteiger partial charge in [0.25, 0.3) is 0 Å². The second-order valence-electron chi connectivity index (χ2n) is 4.43. The first-order valence-electron chi connectivity index (χ1n) is 6.06. The zero-order chi connectivity index (χ0) is 13.8. The molecule has 1 amide bonds. The molecule has 8 heteroatoms. The summed E-state index contributed by atoms with van der Waals surface area (Å²) in [5, 5.41) is 5.87. The van der Waals surface area contributed by atoms with E-state index < -0.39 is 0 Å². The molecule has 102 valence electrons. The maximum atomic E-state index is 11.5. The SMILES string of the molecule is CC(C)NC(=O)CCNc1nc(N)nc2nc[nH]c12. The molecule has 0 spiro atoms. The third kappa shape index (κ3) is 3.30. The predicted octanol–water partition coefficient (Wildman–Crippen LogP) is 0.262. The Morgan fingerprint density at radius 2 is 2.26 bits per heavy atom. The summed E-state index contributed by atoms with van der Waals surface area (Å²) in [5.41, 5.74) is 6.77. The second kappa shape index (κ2) is 5.51. The molecule has 0 aliphatic rings. The fourth-order valence-corrected chi connectivity index (χ4v) is 1.67. The Balaban J connectivity index is 1.98. The lowest BCUT2D eigenvalue weighted by Gasteiger charge is -2.09. The number of amides is 1. The fourth-order valence-electron chi connectivity index (χ4n) is 1.67. The number of nitrogens with two attached hydrogens (primary N) is 1. The molecule has 2 rings (SSSR count). The number of carbonyl (C=O) groups excluding carboxylic acids is 1. The minimum absolute atomic E-state index is 0.00890. The Hall–Kier alpha value is -2.38. The van der Waals surface area contributed by atoms with Crippen LogP contribution in [0.3, 0.4) is 0 Å². The Morgan fingerprint density at radius 3 is 3.00 bits per heavy atom. The largest absolute Gasteiger partial charge is 0.368 e. The Kier molecular flexibility index (Phi) is 3.79. The molecular weight excluding hydrogens is 246 g/mol. The van der Waals surface area contributed by atoms with Gasteiger partial charge in [-0.15, -0.1) is 0 Å². The number of hydrogen-bond donors (Lipinski definition) is 4. The van der Waals surface area contributed by atoms with Gasteiger partial charge in [0.15, 0.2) is 11.5 Å². The Bertz CT molecular complexity index is 577. The molecular formula is C11H17N7O. The molecule has 0 saturated heterocycles. The number of carbonyl (C=O) groups is 1. The molecule has 0 bridgehead atoms. The summed E-state index contributed by atoms with van der Waals surface area (Å²) in [5.74, 6) is 0.691. The smallest absolute Gasteiger partial charge is 0.224 e. The number of H-pyrrole nitrogens is 1. The Labute approximate surface area is 110 Å². The number of fused-ring (bicyclic) bond motifs is 1. The van der Waals surface area contributed by atoms with Crippen molar-refractivity contribution in [3.8, 4) is 0 Å². The summed E-state index contributed by atoms with van der Waals surface area (Å²) in [6, 6.07) is 0.140. The molecule has 0 fully saturated rings. The average Bonchev–Trinajstić information content (AvgIpc) is 2.75. The highest BCUT2D eigenvalue weighted by atomic mass is 16.1. The van der Waals surface area contributed by atoms with Gasteiger partial charge in [-0.2, -0.15) is 9.97 Å². The van der Waals surface area contributed by atoms with Gasteiger partial charge in [0.1, 0.15) is 5.52 Å². The molecule has 0 radical (unpaired) electrons. The van der Waals surface area contributed by atoms with Crippen LogP contribution in [0, 0.1) is 0 Å². The minimum Gasteiger partial charge on any atom is -0.368 e. The summed E-state index contributed by atoms with van der Waals surface area (Å²) < 4.78 is 0. The van der Waals surface area contributed by atoms with Crippen LogP contribution < -0.4 is 16.4 Å². The summed E-state index contributed by atoms with van der Waals surface area (Å²) in [6.07, 6.45) is 1.88. The van der Waals surface area contributed by atoms with Gasteiger partial charge < -0.3 is 21.4 Å². The average molecular weight is 263 g/mol. The van der Waals surface area contributed by atoms with E-state index in [4.69, 9.17) is 5.73 Å². The number of aromatic amines is 1. The summed E-state index contributed by atoms with van der Waals surface area (Å²) in [6.45, 7) is 4.30. The molecule has 2 aromatic rings. The normalized spacial score (nSPS) is 10.9. The molecule has 2 heterocycles. The van der Waals surface area contributed by atoms with E-state index >= 15 is 0 Å². The molecule has 0 aliphatic carbocycles. The van der Waals surface area contributed by atoms with Crippen molar-refractivity contribution < 1.29 is 4.79 Å². The number of aromatic nitrogens is 4. The van der Waals surface area contributed by atoms with Crippen LogP contribution in [0.5, 0.6) is 0 Å². The lowest BCUT2D eigenvalue weighted by atomic mass is 10.3. The van der Waals surface area contributed by atoms with Crippen LogP contribution in [0.4, 0.5) is 11.8 Å². The van der Waals surface area contributed by atoms with Crippen molar-refractivity contribution in [2.45, 2.75) is 26.3 Å². The molecule has 19 heavy (non-hydrogen) atoms. The van der Waals surface area contributed by atoms with E-state index in [0.29, 0.717) is 29.9 Å². The molecule has 0 aromatic carbocycles. The first kappa shape index (κ1) is 13.1. The molecule has 8 nitrogen and oxygen atoms in total. The quantitative estimate of drug-likeness (QED) is 0.614. The number of anilines is 2. The van der Waals surface area contributed by atoms with Gasteiger partial charge in [0.2, 0.25) is 11.9 Å². The zero-order valence-corrected chi connectivity index (χ0v) is 10.9. The third-order valence-corrected chi connectivity index (χ3v) is 2.40. The monoisotopic (exact) mass is 263 g/mol. The molecule has 0 atom stereocenters. The number of rotatable bonds is 5. The van der Waals surface area contributed by atoms with Gasteiger partial charge in [-0.1, -0.05) is 0 Å². The summed E-state index contributed by atoms with van der Waals surface area (Å²) >= 11 is 0. The van der Waals surface area contributed by atoms with Crippen molar-refractivity contribution in [1.82, 2.24) is 25.3 Å². The van der Waals surface area contributed by atoms with Crippen molar-refractivity contribution in [3.63, 3.8) is 0 Å². The van der Waals surface area contributed by atoms with Crippen LogP contribution in [0.15, 0.2) is 6.33 Å². The van der Waals surface area contributed by atoms with Crippen LogP contribution >= 0.6 is 0 Å².